The third-order valence-corrected chi connectivity index (χ3v) is 13.2. The van der Waals surface area contributed by atoms with Gasteiger partial charge in [-0.25, -0.2) is 0 Å². The molecule has 0 amide bonds. The van der Waals surface area contributed by atoms with E-state index in [9.17, 15) is 4.79 Å². The molecule has 4 rings (SSSR count). The number of fused-ring (bicyclic) bond motifs is 5. The number of hydrogen-bond acceptors (Lipinski definition) is 2. The quantitative estimate of drug-likeness (QED) is 0.0951. The van der Waals surface area contributed by atoms with Crippen LogP contribution in [0.3, 0.4) is 0 Å². The molecule has 0 aromatic carbocycles. The largest absolute Gasteiger partial charge is 0.462 e. The number of allylic oxidation sites excluding steroid dienone is 3. The second-order valence-corrected chi connectivity index (χ2v) is 16.6. The van der Waals surface area contributed by atoms with Gasteiger partial charge >= 0.3 is 5.97 Å². The summed E-state index contributed by atoms with van der Waals surface area (Å²) < 4.78 is 6.10. The first-order valence-corrected chi connectivity index (χ1v) is 19.2. The molecule has 0 radical (unpaired) electrons. The molecule has 4 aliphatic rings. The standard InChI is InChI=1S/C41H70O2/c1-7-8-9-10-11-12-13-14-15-16-17-21-39(42)43-34-26-28-40(5)33(30-34)22-23-35-37-25-24-36(32(4)20-18-19-31(2)3)41(37,6)29-27-38(35)40/h10-11,22,31-32,34-38H,7-9,12-21,23-30H2,1-6H3/b11-10-/t32-,34?,35?,36-,37?,38?,40+,41-/m1/s1. The summed E-state index contributed by atoms with van der Waals surface area (Å²) in [6.45, 7) is 14.9. The zero-order valence-electron chi connectivity index (χ0n) is 29.4. The second-order valence-electron chi connectivity index (χ2n) is 16.6. The molecule has 0 aliphatic heterocycles. The minimum Gasteiger partial charge on any atom is -0.462 e. The van der Waals surface area contributed by atoms with Gasteiger partial charge in [-0.15, -0.1) is 0 Å². The molecule has 8 atom stereocenters. The smallest absolute Gasteiger partial charge is 0.306 e. The van der Waals surface area contributed by atoms with Gasteiger partial charge in [0.15, 0.2) is 0 Å². The number of rotatable bonds is 17. The zero-order valence-corrected chi connectivity index (χ0v) is 29.4. The lowest BCUT2D eigenvalue weighted by atomic mass is 9.47. The van der Waals surface area contributed by atoms with Gasteiger partial charge in [0, 0.05) is 12.8 Å². The van der Waals surface area contributed by atoms with E-state index in [0.29, 0.717) is 17.3 Å². The molecule has 2 nitrogen and oxygen atoms in total. The van der Waals surface area contributed by atoms with Gasteiger partial charge in [-0.3, -0.25) is 4.79 Å². The summed E-state index contributed by atoms with van der Waals surface area (Å²) in [4.78, 5) is 12.7. The molecule has 0 heterocycles. The maximum absolute atomic E-state index is 12.7. The summed E-state index contributed by atoms with van der Waals surface area (Å²) >= 11 is 0. The van der Waals surface area contributed by atoms with Crippen molar-refractivity contribution < 1.29 is 9.53 Å². The molecule has 3 saturated carbocycles. The Morgan fingerprint density at radius 1 is 0.884 bits per heavy atom. The molecule has 0 bridgehead atoms. The van der Waals surface area contributed by atoms with Crippen LogP contribution in [0.1, 0.15) is 176 Å². The van der Waals surface area contributed by atoms with Crippen LogP contribution in [0, 0.1) is 46.3 Å². The Balaban J connectivity index is 1.20. The first-order valence-electron chi connectivity index (χ1n) is 19.2. The number of carbonyl (C=O) groups is 1. The number of carbonyl (C=O) groups excluding carboxylic acids is 1. The number of ether oxygens (including phenoxy) is 1. The predicted molar refractivity (Wildman–Crippen MR) is 184 cm³/mol. The Labute approximate surface area is 267 Å². The summed E-state index contributed by atoms with van der Waals surface area (Å²) in [7, 11) is 0. The van der Waals surface area contributed by atoms with Crippen LogP contribution in [0.15, 0.2) is 23.8 Å². The maximum Gasteiger partial charge on any atom is 0.306 e. The topological polar surface area (TPSA) is 26.3 Å². The van der Waals surface area contributed by atoms with Crippen molar-refractivity contribution in [2.45, 2.75) is 182 Å². The van der Waals surface area contributed by atoms with Gasteiger partial charge in [0.1, 0.15) is 6.10 Å². The molecule has 0 N–H and O–H groups in total. The molecule has 2 heteroatoms. The SMILES string of the molecule is CCCC/C=C\CCCCCCCC(=O)OC1CC[C@@]2(C)C(=CCC3C2CC[C@@]2(C)C3CC[C@@H]2[C@H](C)CCCC(C)C)C1. The number of esters is 1. The first kappa shape index (κ1) is 34.8. The van der Waals surface area contributed by atoms with E-state index in [1.165, 1.54) is 103 Å². The van der Waals surface area contributed by atoms with E-state index in [4.69, 9.17) is 4.74 Å². The Morgan fingerprint density at radius 2 is 1.63 bits per heavy atom. The van der Waals surface area contributed by atoms with Gasteiger partial charge in [-0.2, -0.15) is 0 Å². The third-order valence-electron chi connectivity index (χ3n) is 13.2. The normalized spacial score (nSPS) is 34.5. The van der Waals surface area contributed by atoms with Gasteiger partial charge in [0.25, 0.3) is 0 Å². The summed E-state index contributed by atoms with van der Waals surface area (Å²) in [6, 6.07) is 0. The average Bonchev–Trinajstić information content (AvgIpc) is 3.33. The zero-order chi connectivity index (χ0) is 30.9. The van der Waals surface area contributed by atoms with E-state index in [1.54, 1.807) is 5.57 Å². The second kappa shape index (κ2) is 16.5. The van der Waals surface area contributed by atoms with E-state index in [2.05, 4.69) is 59.8 Å². The van der Waals surface area contributed by atoms with E-state index >= 15 is 0 Å². The van der Waals surface area contributed by atoms with E-state index in [-0.39, 0.29) is 12.1 Å². The fourth-order valence-corrected chi connectivity index (χ4v) is 10.6. The Kier molecular flexibility index (Phi) is 13.4. The van der Waals surface area contributed by atoms with Crippen molar-refractivity contribution in [2.24, 2.45) is 46.3 Å². The molecule has 0 saturated heterocycles. The fraction of sp³-hybridized carbons (Fsp3) is 0.878. The minimum absolute atomic E-state index is 0.0506. The summed E-state index contributed by atoms with van der Waals surface area (Å²) in [5, 5.41) is 0. The molecule has 4 unspecified atom stereocenters. The van der Waals surface area contributed by atoms with Crippen LogP contribution in [0.4, 0.5) is 0 Å². The molecule has 0 spiro atoms. The molecule has 0 aromatic rings. The molecule has 0 aromatic heterocycles. The third kappa shape index (κ3) is 8.82. The van der Waals surface area contributed by atoms with Crippen molar-refractivity contribution in [1.82, 2.24) is 0 Å². The van der Waals surface area contributed by atoms with Crippen LogP contribution in [0.2, 0.25) is 0 Å². The Hall–Kier alpha value is -1.05. The van der Waals surface area contributed by atoms with Gasteiger partial charge in [0.05, 0.1) is 0 Å². The highest BCUT2D eigenvalue weighted by atomic mass is 16.5. The Morgan fingerprint density at radius 3 is 2.40 bits per heavy atom. The highest BCUT2D eigenvalue weighted by Crippen LogP contribution is 2.67. The fourth-order valence-electron chi connectivity index (χ4n) is 10.6. The van der Waals surface area contributed by atoms with Gasteiger partial charge in [-0.05, 0) is 117 Å². The highest BCUT2D eigenvalue weighted by molar-refractivity contribution is 5.69. The predicted octanol–water partition coefficient (Wildman–Crippen LogP) is 12.4. The lowest BCUT2D eigenvalue weighted by molar-refractivity contribution is -0.151. The van der Waals surface area contributed by atoms with Crippen molar-refractivity contribution in [3.8, 4) is 0 Å². The van der Waals surface area contributed by atoms with Crippen LogP contribution < -0.4 is 0 Å². The monoisotopic (exact) mass is 595 g/mol. The van der Waals surface area contributed by atoms with E-state index in [0.717, 1.165) is 61.2 Å². The summed E-state index contributed by atoms with van der Waals surface area (Å²) in [5.41, 5.74) is 2.53. The highest BCUT2D eigenvalue weighted by Gasteiger charge is 2.59. The van der Waals surface area contributed by atoms with Crippen molar-refractivity contribution in [3.05, 3.63) is 23.8 Å². The van der Waals surface area contributed by atoms with Crippen molar-refractivity contribution >= 4 is 5.97 Å². The lowest BCUT2D eigenvalue weighted by Gasteiger charge is -2.58. The van der Waals surface area contributed by atoms with Gasteiger partial charge in [-0.1, -0.05) is 117 Å². The summed E-state index contributed by atoms with van der Waals surface area (Å²) in [6.07, 6.45) is 33.6. The van der Waals surface area contributed by atoms with E-state index < -0.39 is 0 Å². The molecule has 246 valence electrons. The van der Waals surface area contributed by atoms with Crippen molar-refractivity contribution in [3.63, 3.8) is 0 Å². The van der Waals surface area contributed by atoms with Crippen molar-refractivity contribution in [1.29, 1.82) is 0 Å². The summed E-state index contributed by atoms with van der Waals surface area (Å²) in [5.74, 6) is 5.32. The van der Waals surface area contributed by atoms with Crippen LogP contribution in [0.25, 0.3) is 0 Å². The number of unbranched alkanes of at least 4 members (excludes halogenated alkanes) is 7. The van der Waals surface area contributed by atoms with Crippen molar-refractivity contribution in [2.75, 3.05) is 0 Å². The minimum atomic E-state index is 0.0506. The molecular formula is C41H70O2. The average molecular weight is 595 g/mol. The Bertz CT molecular complexity index is 915. The first-order chi connectivity index (χ1) is 20.7. The number of hydrogen-bond donors (Lipinski definition) is 0. The van der Waals surface area contributed by atoms with Gasteiger partial charge in [0.2, 0.25) is 0 Å². The van der Waals surface area contributed by atoms with Gasteiger partial charge < -0.3 is 4.74 Å². The molecule has 4 aliphatic carbocycles. The van der Waals surface area contributed by atoms with Crippen LogP contribution in [-0.4, -0.2) is 12.1 Å². The lowest BCUT2D eigenvalue weighted by Crippen LogP contribution is -2.51. The van der Waals surface area contributed by atoms with Crippen LogP contribution >= 0.6 is 0 Å². The van der Waals surface area contributed by atoms with E-state index in [1.807, 2.05) is 0 Å². The van der Waals surface area contributed by atoms with Crippen LogP contribution in [-0.2, 0) is 9.53 Å². The van der Waals surface area contributed by atoms with Crippen LogP contribution in [0.5, 0.6) is 0 Å². The molecule has 3 fully saturated rings. The maximum atomic E-state index is 12.7. The molecule has 43 heavy (non-hydrogen) atoms. The molecular weight excluding hydrogens is 524 g/mol.